The zero-order valence-corrected chi connectivity index (χ0v) is 28.7. The molecule has 280 valence electrons. The van der Waals surface area contributed by atoms with Gasteiger partial charge in [0.1, 0.15) is 23.9 Å². The Morgan fingerprint density at radius 1 is 1.00 bits per heavy atom. The number of nitrogens with one attached hydrogen (secondary N) is 6. The molecule has 1 aromatic heterocycles. The molecule has 1 aromatic carbocycles. The van der Waals surface area contributed by atoms with Gasteiger partial charge in [0.25, 0.3) is 11.8 Å². The molecule has 3 atom stereocenters. The Labute approximate surface area is 299 Å². The molecule has 0 radical (unpaired) electrons. The number of nitrogens with two attached hydrogens (primary N) is 2. The van der Waals surface area contributed by atoms with E-state index in [4.69, 9.17) is 11.6 Å². The maximum absolute atomic E-state index is 14.0. The number of likely N-dealkylation sites (N-methyl/N-ethyl adjacent to an activating group) is 1. The number of anilines is 1. The summed E-state index contributed by atoms with van der Waals surface area (Å²) >= 11 is 0. The summed E-state index contributed by atoms with van der Waals surface area (Å²) in [5.41, 5.74) is 8.72. The number of nitrogen functional groups attached to an aromatic ring is 1. The van der Waals surface area contributed by atoms with Crippen LogP contribution >= 0.6 is 0 Å². The fourth-order valence-corrected chi connectivity index (χ4v) is 5.29. The number of unbranched alkanes of at least 4 members (excludes halogenated alkanes) is 1. The molecule has 0 spiro atoms. The zero-order valence-electron chi connectivity index (χ0n) is 28.7. The number of hydrogen-bond acceptors (Lipinski definition) is 11. The van der Waals surface area contributed by atoms with E-state index in [1.165, 1.54) is 30.3 Å². The smallest absolute Gasteiger partial charge is 0.305 e. The second-order valence-electron chi connectivity index (χ2n) is 11.9. The van der Waals surface area contributed by atoms with Crippen LogP contribution in [0.4, 0.5) is 5.82 Å². The minimum absolute atomic E-state index is 0.0977. The van der Waals surface area contributed by atoms with Gasteiger partial charge in [0.2, 0.25) is 23.6 Å². The third-order valence-electron chi connectivity index (χ3n) is 8.08. The highest BCUT2D eigenvalue weighted by Crippen LogP contribution is 2.14. The molecule has 0 fully saturated rings. The molecule has 2 aromatic rings. The molecule has 19 nitrogen and oxygen atoms in total. The molecule has 6 amide bonds. The number of carboxylic acids is 1. The monoisotopic (exact) mass is 723 g/mol. The fraction of sp³-hybridized carbons (Fsp3) is 0.424. The molecule has 0 saturated heterocycles. The molecule has 3 rings (SSSR count). The summed E-state index contributed by atoms with van der Waals surface area (Å²) in [7, 11) is 1.41. The SMILES string of the molecule is CN1C(=O)C(CCCCNC(=O)c2ccc(NN)nc2)NC(=O)c2cccc(c2)CNC(=O)[C@H](CC(=O)O)NC(=O)CNC(=O)[C@@H]1CCCN=CN. The lowest BCUT2D eigenvalue weighted by molar-refractivity contribution is -0.141. The summed E-state index contributed by atoms with van der Waals surface area (Å²) in [4.78, 5) is 99.7. The van der Waals surface area contributed by atoms with Crippen molar-refractivity contribution in [3.05, 3.63) is 59.3 Å². The van der Waals surface area contributed by atoms with Crippen molar-refractivity contribution in [2.45, 2.75) is 63.2 Å². The molecule has 1 aliphatic heterocycles. The Bertz CT molecular complexity index is 1620. The van der Waals surface area contributed by atoms with E-state index in [-0.39, 0.29) is 43.9 Å². The zero-order chi connectivity index (χ0) is 38.0. The summed E-state index contributed by atoms with van der Waals surface area (Å²) in [6.07, 6.45) is 3.20. The minimum Gasteiger partial charge on any atom is -0.481 e. The highest BCUT2D eigenvalue weighted by Gasteiger charge is 2.33. The van der Waals surface area contributed by atoms with Crippen LogP contribution in [0.5, 0.6) is 0 Å². The number of carbonyl (C=O) groups is 7. The van der Waals surface area contributed by atoms with Gasteiger partial charge in [-0.2, -0.15) is 0 Å². The van der Waals surface area contributed by atoms with Crippen molar-refractivity contribution < 1.29 is 38.7 Å². The molecule has 11 N–H and O–H groups in total. The van der Waals surface area contributed by atoms with Gasteiger partial charge in [-0.25, -0.2) is 10.8 Å². The van der Waals surface area contributed by atoms with Gasteiger partial charge in [0.05, 0.1) is 24.9 Å². The summed E-state index contributed by atoms with van der Waals surface area (Å²) in [5.74, 6) is 0.546. The van der Waals surface area contributed by atoms with Crippen molar-refractivity contribution in [3.8, 4) is 0 Å². The average Bonchev–Trinajstić information content (AvgIpc) is 3.14. The number of nitrogens with zero attached hydrogens (tertiary/aromatic N) is 3. The Morgan fingerprint density at radius 3 is 2.46 bits per heavy atom. The Kier molecular flexibility index (Phi) is 15.9. The summed E-state index contributed by atoms with van der Waals surface area (Å²) < 4.78 is 0. The molecule has 0 saturated carbocycles. The van der Waals surface area contributed by atoms with Crippen molar-refractivity contribution in [1.29, 1.82) is 0 Å². The Balaban J connectivity index is 1.84. The fourth-order valence-electron chi connectivity index (χ4n) is 5.29. The van der Waals surface area contributed by atoms with Crippen molar-refractivity contribution in [1.82, 2.24) is 36.5 Å². The highest BCUT2D eigenvalue weighted by atomic mass is 16.4. The van der Waals surface area contributed by atoms with Gasteiger partial charge in [-0.05, 0) is 61.9 Å². The van der Waals surface area contributed by atoms with Crippen LogP contribution < -0.4 is 43.6 Å². The summed E-state index contributed by atoms with van der Waals surface area (Å²) in [6.45, 7) is -0.198. The van der Waals surface area contributed by atoms with Crippen LogP contribution in [0.1, 0.15) is 64.8 Å². The van der Waals surface area contributed by atoms with Gasteiger partial charge >= 0.3 is 5.97 Å². The number of carbonyl (C=O) groups excluding carboxylic acids is 6. The topological polar surface area (TPSA) is 292 Å². The number of aliphatic imine (C=N–C) groups is 1. The van der Waals surface area contributed by atoms with E-state index < -0.39 is 66.6 Å². The van der Waals surface area contributed by atoms with Gasteiger partial charge in [0.15, 0.2) is 0 Å². The van der Waals surface area contributed by atoms with Crippen LogP contribution in [0.25, 0.3) is 0 Å². The molecule has 52 heavy (non-hydrogen) atoms. The maximum atomic E-state index is 14.0. The van der Waals surface area contributed by atoms with Crippen LogP contribution in [0.3, 0.4) is 0 Å². The normalized spacial score (nSPS) is 19.1. The van der Waals surface area contributed by atoms with Crippen LogP contribution in [0.15, 0.2) is 47.6 Å². The van der Waals surface area contributed by atoms with Gasteiger partial charge in [-0.1, -0.05) is 12.1 Å². The largest absolute Gasteiger partial charge is 0.481 e. The van der Waals surface area contributed by atoms with Crippen molar-refractivity contribution in [3.63, 3.8) is 0 Å². The first-order chi connectivity index (χ1) is 24.9. The van der Waals surface area contributed by atoms with Crippen LogP contribution in [0.2, 0.25) is 0 Å². The number of hydrazine groups is 1. The van der Waals surface area contributed by atoms with Gasteiger partial charge < -0.3 is 47.7 Å². The first-order valence-electron chi connectivity index (χ1n) is 16.6. The second kappa shape index (κ2) is 20.5. The number of aliphatic carboxylic acids is 1. The van der Waals surface area contributed by atoms with E-state index in [9.17, 15) is 38.7 Å². The number of carboxylic acid groups (broad SMARTS) is 1. The molecule has 2 bridgehead atoms. The Hall–Kier alpha value is -6.11. The minimum atomic E-state index is -1.45. The standard InChI is InChI=1S/C33H45N11O8/c1-44-25(9-5-12-36-19-34)32(51)40-18-27(45)41-24(15-28(46)47)31(50)39-16-20-6-4-7-21(14-20)30(49)42-23(33(44)52)8-2-3-13-37-29(48)22-10-11-26(43-35)38-17-22/h4,6-7,10-11,14,17,19,23-25H,2-3,5,8-9,12-13,15-16,18,35H2,1H3,(H2,34,36)(H,37,48)(H,38,43)(H,39,50)(H,40,51)(H,41,45)(H,42,49)(H,46,47)/t23?,24-,25-/m0/s1. The predicted octanol–water partition coefficient (Wildman–Crippen LogP) is -1.63. The van der Waals surface area contributed by atoms with Crippen LogP contribution in [0, 0.1) is 0 Å². The van der Waals surface area contributed by atoms with E-state index >= 15 is 0 Å². The molecule has 1 unspecified atom stereocenters. The highest BCUT2D eigenvalue weighted by molar-refractivity contribution is 5.99. The molecular formula is C33H45N11O8. The Morgan fingerprint density at radius 2 is 1.77 bits per heavy atom. The molecule has 0 aliphatic carbocycles. The van der Waals surface area contributed by atoms with Gasteiger partial charge in [-0.15, -0.1) is 0 Å². The van der Waals surface area contributed by atoms with Gasteiger partial charge in [-0.3, -0.25) is 38.6 Å². The number of pyridine rings is 1. The number of aromatic nitrogens is 1. The van der Waals surface area contributed by atoms with E-state index in [0.29, 0.717) is 36.2 Å². The lowest BCUT2D eigenvalue weighted by atomic mass is 10.0. The maximum Gasteiger partial charge on any atom is 0.305 e. The van der Waals surface area contributed by atoms with E-state index in [1.807, 2.05) is 0 Å². The average molecular weight is 724 g/mol. The number of rotatable bonds is 13. The quantitative estimate of drug-likeness (QED) is 0.0370. The van der Waals surface area contributed by atoms with Crippen LogP contribution in [-0.4, -0.2) is 108 Å². The first-order valence-corrected chi connectivity index (χ1v) is 16.6. The van der Waals surface area contributed by atoms with Crippen LogP contribution in [-0.2, 0) is 30.5 Å². The number of hydrogen-bond donors (Lipinski definition) is 9. The molecule has 19 heteroatoms. The molecule has 2 heterocycles. The van der Waals surface area contributed by atoms with Crippen molar-refractivity contribution in [2.24, 2.45) is 16.6 Å². The third-order valence-corrected chi connectivity index (χ3v) is 8.08. The first kappa shape index (κ1) is 40.3. The van der Waals surface area contributed by atoms with E-state index in [0.717, 1.165) is 6.34 Å². The summed E-state index contributed by atoms with van der Waals surface area (Å²) in [6, 6.07) is 5.70. The lowest BCUT2D eigenvalue weighted by Gasteiger charge is -2.31. The number of benzene rings is 1. The summed E-state index contributed by atoms with van der Waals surface area (Å²) in [5, 5.41) is 22.2. The number of fused-ring (bicyclic) bond motifs is 2. The third kappa shape index (κ3) is 12.7. The molecule has 1 aliphatic rings. The van der Waals surface area contributed by atoms with E-state index in [2.05, 4.69) is 42.0 Å². The van der Waals surface area contributed by atoms with Crippen molar-refractivity contribution >= 4 is 53.6 Å². The number of amides is 6. The van der Waals surface area contributed by atoms with Crippen molar-refractivity contribution in [2.75, 3.05) is 32.1 Å². The second-order valence-corrected chi connectivity index (χ2v) is 11.9. The molecular weight excluding hydrogens is 678 g/mol. The predicted molar refractivity (Wildman–Crippen MR) is 188 cm³/mol. The lowest BCUT2D eigenvalue weighted by Crippen LogP contribution is -2.56. The van der Waals surface area contributed by atoms with Gasteiger partial charge in [0, 0.05) is 38.4 Å². The van der Waals surface area contributed by atoms with E-state index in [1.54, 1.807) is 24.3 Å².